The molecule has 0 spiro atoms. The van der Waals surface area contributed by atoms with Gasteiger partial charge >= 0.3 is 0 Å². The number of nitrogens with zero attached hydrogens (tertiary/aromatic N) is 3. The lowest BCUT2D eigenvalue weighted by Gasteiger charge is -2.26. The summed E-state index contributed by atoms with van der Waals surface area (Å²) in [6.45, 7) is 5.11. The lowest BCUT2D eigenvalue weighted by atomic mass is 10.1. The summed E-state index contributed by atoms with van der Waals surface area (Å²) in [4.78, 5) is 9.15. The SMILES string of the molecule is CN=C(NCc1ccc(CN2CCCC2)cc1)NCC(c1ccccc1)N(C)C.I. The molecule has 1 atom stereocenters. The monoisotopic (exact) mass is 521 g/mol. The fourth-order valence-corrected chi connectivity index (χ4v) is 3.83. The Morgan fingerprint density at radius 3 is 2.20 bits per heavy atom. The number of rotatable bonds is 8. The van der Waals surface area contributed by atoms with Gasteiger partial charge < -0.3 is 15.5 Å². The Labute approximate surface area is 199 Å². The summed E-state index contributed by atoms with van der Waals surface area (Å²) < 4.78 is 0. The van der Waals surface area contributed by atoms with Crippen molar-refractivity contribution < 1.29 is 0 Å². The molecule has 30 heavy (non-hydrogen) atoms. The standard InChI is InChI=1S/C24H35N5.HI/c1-25-24(27-18-23(28(2)3)22-9-5-4-6-10-22)26-17-20-11-13-21(14-12-20)19-29-15-7-8-16-29;/h4-6,9-14,23H,7-8,15-19H2,1-3H3,(H2,25,26,27);1H. The summed E-state index contributed by atoms with van der Waals surface area (Å²) in [5, 5.41) is 6.90. The lowest BCUT2D eigenvalue weighted by Crippen LogP contribution is -2.41. The molecule has 1 aliphatic rings. The number of benzene rings is 2. The summed E-state index contributed by atoms with van der Waals surface area (Å²) >= 11 is 0. The van der Waals surface area contributed by atoms with Gasteiger partial charge in [0.05, 0.1) is 6.04 Å². The molecule has 1 unspecified atom stereocenters. The minimum atomic E-state index is 0. The van der Waals surface area contributed by atoms with Crippen LogP contribution in [0, 0.1) is 0 Å². The fraction of sp³-hybridized carbons (Fsp3) is 0.458. The first-order chi connectivity index (χ1) is 14.2. The minimum Gasteiger partial charge on any atom is -0.354 e. The van der Waals surface area contributed by atoms with Crippen LogP contribution in [0.3, 0.4) is 0 Å². The van der Waals surface area contributed by atoms with Crippen molar-refractivity contribution in [2.24, 2.45) is 4.99 Å². The molecule has 1 heterocycles. The summed E-state index contributed by atoms with van der Waals surface area (Å²) in [7, 11) is 6.04. The van der Waals surface area contributed by atoms with Crippen molar-refractivity contribution in [3.8, 4) is 0 Å². The molecule has 2 aromatic carbocycles. The average Bonchev–Trinajstić information content (AvgIpc) is 3.25. The smallest absolute Gasteiger partial charge is 0.191 e. The molecule has 0 bridgehead atoms. The van der Waals surface area contributed by atoms with Crippen molar-refractivity contribution in [2.75, 3.05) is 40.8 Å². The summed E-state index contributed by atoms with van der Waals surface area (Å²) in [6, 6.07) is 19.8. The lowest BCUT2D eigenvalue weighted by molar-refractivity contribution is 0.298. The minimum absolute atomic E-state index is 0. The molecule has 0 radical (unpaired) electrons. The Morgan fingerprint density at radius 2 is 1.60 bits per heavy atom. The normalized spacial score (nSPS) is 15.7. The zero-order valence-corrected chi connectivity index (χ0v) is 20.8. The van der Waals surface area contributed by atoms with Crippen LogP contribution in [0.15, 0.2) is 59.6 Å². The van der Waals surface area contributed by atoms with Gasteiger partial charge in [0, 0.05) is 26.7 Å². The first-order valence-electron chi connectivity index (χ1n) is 10.6. The van der Waals surface area contributed by atoms with E-state index in [1.54, 1.807) is 0 Å². The van der Waals surface area contributed by atoms with E-state index in [-0.39, 0.29) is 24.0 Å². The maximum atomic E-state index is 4.38. The van der Waals surface area contributed by atoms with Crippen molar-refractivity contribution >= 4 is 29.9 Å². The van der Waals surface area contributed by atoms with Crippen LogP contribution in [0.2, 0.25) is 0 Å². The van der Waals surface area contributed by atoms with Gasteiger partial charge in [-0.05, 0) is 56.7 Å². The number of guanidine groups is 1. The molecule has 2 aromatic rings. The number of hydrogen-bond acceptors (Lipinski definition) is 3. The highest BCUT2D eigenvalue weighted by molar-refractivity contribution is 14.0. The van der Waals surface area contributed by atoms with Crippen LogP contribution >= 0.6 is 24.0 Å². The Bertz CT molecular complexity index is 755. The van der Waals surface area contributed by atoms with E-state index in [9.17, 15) is 0 Å². The van der Waals surface area contributed by atoms with Gasteiger partial charge in [-0.1, -0.05) is 54.6 Å². The number of nitrogens with one attached hydrogen (secondary N) is 2. The zero-order chi connectivity index (χ0) is 20.5. The van der Waals surface area contributed by atoms with Gasteiger partial charge in [0.25, 0.3) is 0 Å². The highest BCUT2D eigenvalue weighted by Gasteiger charge is 2.14. The molecular formula is C24H36IN5. The summed E-state index contributed by atoms with van der Waals surface area (Å²) in [5.41, 5.74) is 3.97. The van der Waals surface area contributed by atoms with Gasteiger partial charge in [-0.3, -0.25) is 9.89 Å². The molecule has 164 valence electrons. The average molecular weight is 521 g/mol. The van der Waals surface area contributed by atoms with Crippen LogP contribution < -0.4 is 10.6 Å². The van der Waals surface area contributed by atoms with Gasteiger partial charge in [0.15, 0.2) is 5.96 Å². The second kappa shape index (κ2) is 12.9. The van der Waals surface area contributed by atoms with Crippen molar-refractivity contribution in [3.05, 3.63) is 71.3 Å². The van der Waals surface area contributed by atoms with Crippen molar-refractivity contribution in [3.63, 3.8) is 0 Å². The largest absolute Gasteiger partial charge is 0.354 e. The van der Waals surface area contributed by atoms with Crippen LogP contribution in [0.25, 0.3) is 0 Å². The molecule has 3 rings (SSSR count). The number of likely N-dealkylation sites (N-methyl/N-ethyl adjacent to an activating group) is 1. The van der Waals surface area contributed by atoms with Crippen LogP contribution in [-0.2, 0) is 13.1 Å². The number of halogens is 1. The molecular weight excluding hydrogens is 485 g/mol. The van der Waals surface area contributed by atoms with Crippen molar-refractivity contribution in [2.45, 2.75) is 32.0 Å². The molecule has 2 N–H and O–H groups in total. The molecule has 1 saturated heterocycles. The molecule has 0 amide bonds. The first kappa shape index (κ1) is 24.6. The maximum Gasteiger partial charge on any atom is 0.191 e. The zero-order valence-electron chi connectivity index (χ0n) is 18.5. The van der Waals surface area contributed by atoms with Gasteiger partial charge in [-0.15, -0.1) is 24.0 Å². The van der Waals surface area contributed by atoms with Gasteiger partial charge in [0.1, 0.15) is 0 Å². The molecule has 1 aliphatic heterocycles. The van der Waals surface area contributed by atoms with E-state index < -0.39 is 0 Å². The second-order valence-corrected chi connectivity index (χ2v) is 8.00. The van der Waals surface area contributed by atoms with Crippen LogP contribution in [0.4, 0.5) is 0 Å². The van der Waals surface area contributed by atoms with E-state index in [4.69, 9.17) is 0 Å². The quantitative estimate of drug-likeness (QED) is 0.315. The number of hydrogen-bond donors (Lipinski definition) is 2. The van der Waals surface area contributed by atoms with Crippen LogP contribution in [-0.4, -0.2) is 56.5 Å². The highest BCUT2D eigenvalue weighted by Crippen LogP contribution is 2.16. The van der Waals surface area contributed by atoms with E-state index >= 15 is 0 Å². The summed E-state index contributed by atoms with van der Waals surface area (Å²) in [5.74, 6) is 0.828. The third-order valence-corrected chi connectivity index (χ3v) is 5.58. The third kappa shape index (κ3) is 7.56. The van der Waals surface area contributed by atoms with Gasteiger partial charge in [-0.25, -0.2) is 0 Å². The fourth-order valence-electron chi connectivity index (χ4n) is 3.83. The van der Waals surface area contributed by atoms with Crippen molar-refractivity contribution in [1.82, 2.24) is 20.4 Å². The predicted octanol–water partition coefficient (Wildman–Crippen LogP) is 3.87. The van der Waals surface area contributed by atoms with Gasteiger partial charge in [-0.2, -0.15) is 0 Å². The van der Waals surface area contributed by atoms with Gasteiger partial charge in [0.2, 0.25) is 0 Å². The topological polar surface area (TPSA) is 42.9 Å². The Balaban J connectivity index is 0.00000320. The van der Waals surface area contributed by atoms with E-state index in [0.29, 0.717) is 6.04 Å². The predicted molar refractivity (Wildman–Crippen MR) is 137 cm³/mol. The van der Waals surface area contributed by atoms with Crippen LogP contribution in [0.5, 0.6) is 0 Å². The molecule has 0 saturated carbocycles. The number of aliphatic imine (C=N–C) groups is 1. The number of likely N-dealkylation sites (tertiary alicyclic amines) is 1. The first-order valence-corrected chi connectivity index (χ1v) is 10.6. The highest BCUT2D eigenvalue weighted by atomic mass is 127. The molecule has 0 aromatic heterocycles. The van der Waals surface area contributed by atoms with E-state index in [0.717, 1.165) is 25.6 Å². The van der Waals surface area contributed by atoms with E-state index in [1.165, 1.54) is 42.6 Å². The molecule has 6 heteroatoms. The van der Waals surface area contributed by atoms with Crippen molar-refractivity contribution in [1.29, 1.82) is 0 Å². The maximum absolute atomic E-state index is 4.38. The Morgan fingerprint density at radius 1 is 0.967 bits per heavy atom. The molecule has 5 nitrogen and oxygen atoms in total. The summed E-state index contributed by atoms with van der Waals surface area (Å²) in [6.07, 6.45) is 2.68. The molecule has 1 fully saturated rings. The Kier molecular flexibility index (Phi) is 10.6. The van der Waals surface area contributed by atoms with E-state index in [1.807, 2.05) is 7.05 Å². The third-order valence-electron chi connectivity index (χ3n) is 5.58. The van der Waals surface area contributed by atoms with Crippen LogP contribution in [0.1, 0.15) is 35.6 Å². The Hall–Kier alpha value is -1.64. The molecule has 0 aliphatic carbocycles. The second-order valence-electron chi connectivity index (χ2n) is 8.00. The van der Waals surface area contributed by atoms with E-state index in [2.05, 4.69) is 94.1 Å².